The predicted octanol–water partition coefficient (Wildman–Crippen LogP) is 2.49. The van der Waals surface area contributed by atoms with Gasteiger partial charge in [0.25, 0.3) is 5.91 Å². The van der Waals surface area contributed by atoms with Crippen LogP contribution in [0.2, 0.25) is 0 Å². The molecule has 2 N–H and O–H groups in total. The molecule has 1 atom stereocenters. The maximum absolute atomic E-state index is 12.3. The molecule has 1 amide bonds. The number of fused-ring (bicyclic) bond motifs is 1. The van der Waals surface area contributed by atoms with Gasteiger partial charge in [0.2, 0.25) is 0 Å². The van der Waals surface area contributed by atoms with Crippen LogP contribution in [0.15, 0.2) is 60.2 Å². The van der Waals surface area contributed by atoms with Crippen molar-refractivity contribution in [3.63, 3.8) is 0 Å². The number of hydrogen-bond donors (Lipinski definition) is 2. The van der Waals surface area contributed by atoms with Crippen molar-refractivity contribution in [2.45, 2.75) is 12.5 Å². The highest BCUT2D eigenvalue weighted by molar-refractivity contribution is 5.99. The summed E-state index contributed by atoms with van der Waals surface area (Å²) < 4.78 is 5.58. The van der Waals surface area contributed by atoms with Gasteiger partial charge < -0.3 is 15.2 Å². The molecule has 4 heteroatoms. The molecule has 0 saturated heterocycles. The van der Waals surface area contributed by atoms with Crippen LogP contribution in [0.1, 0.15) is 18.1 Å². The largest absolute Gasteiger partial charge is 0.488 e. The minimum atomic E-state index is -1.12. The molecule has 118 valence electrons. The number of nitrogens with one attached hydrogen (secondary N) is 1. The Bertz CT molecular complexity index is 735. The molecule has 3 rings (SSSR count). The number of benzene rings is 2. The Morgan fingerprint density at radius 2 is 1.87 bits per heavy atom. The second-order valence-electron chi connectivity index (χ2n) is 5.82. The summed E-state index contributed by atoms with van der Waals surface area (Å²) in [6.07, 6.45) is 1.82. The van der Waals surface area contributed by atoms with Crippen LogP contribution in [-0.4, -0.2) is 24.2 Å². The Balaban J connectivity index is 1.68. The maximum atomic E-state index is 12.3. The summed E-state index contributed by atoms with van der Waals surface area (Å²) in [6.45, 7) is 2.05. The molecule has 0 aliphatic carbocycles. The number of rotatable bonds is 4. The number of carbonyl (C=O) groups is 1. The zero-order valence-electron chi connectivity index (χ0n) is 13.0. The van der Waals surface area contributed by atoms with Gasteiger partial charge in [-0.1, -0.05) is 48.5 Å². The van der Waals surface area contributed by atoms with Crippen LogP contribution < -0.4 is 10.1 Å². The number of carbonyl (C=O) groups excluding carboxylic acids is 1. The smallest absolute Gasteiger partial charge is 0.250 e. The molecule has 0 bridgehead atoms. The minimum Gasteiger partial charge on any atom is -0.488 e. The van der Waals surface area contributed by atoms with E-state index in [2.05, 4.69) is 5.32 Å². The Kier molecular flexibility index (Phi) is 4.17. The second-order valence-corrected chi connectivity index (χ2v) is 5.82. The first-order chi connectivity index (χ1) is 11.1. The molecule has 0 saturated carbocycles. The van der Waals surface area contributed by atoms with Crippen LogP contribution in [-0.2, 0) is 10.4 Å². The highest BCUT2D eigenvalue weighted by Crippen LogP contribution is 2.26. The van der Waals surface area contributed by atoms with Crippen molar-refractivity contribution in [2.75, 3.05) is 13.2 Å². The van der Waals surface area contributed by atoms with Crippen molar-refractivity contribution in [1.29, 1.82) is 0 Å². The van der Waals surface area contributed by atoms with E-state index in [1.807, 2.05) is 60.7 Å². The van der Waals surface area contributed by atoms with E-state index in [4.69, 9.17) is 4.74 Å². The van der Waals surface area contributed by atoms with E-state index in [-0.39, 0.29) is 19.1 Å². The molecule has 23 heavy (non-hydrogen) atoms. The summed E-state index contributed by atoms with van der Waals surface area (Å²) in [6, 6.07) is 16.9. The van der Waals surface area contributed by atoms with E-state index < -0.39 is 5.60 Å². The zero-order valence-corrected chi connectivity index (χ0v) is 13.0. The van der Waals surface area contributed by atoms with E-state index in [1.54, 1.807) is 6.92 Å². The topological polar surface area (TPSA) is 58.6 Å². The van der Waals surface area contributed by atoms with Crippen LogP contribution in [0.25, 0.3) is 6.08 Å². The Morgan fingerprint density at radius 1 is 1.17 bits per heavy atom. The maximum Gasteiger partial charge on any atom is 0.250 e. The molecular formula is C19H19NO3. The van der Waals surface area contributed by atoms with E-state index >= 15 is 0 Å². The molecule has 1 aliphatic heterocycles. The minimum absolute atomic E-state index is 0.134. The number of para-hydroxylation sites is 1. The average Bonchev–Trinajstić information content (AvgIpc) is 2.60. The van der Waals surface area contributed by atoms with Crippen molar-refractivity contribution in [3.8, 4) is 5.75 Å². The van der Waals surface area contributed by atoms with Crippen molar-refractivity contribution in [1.82, 2.24) is 5.32 Å². The monoisotopic (exact) mass is 309 g/mol. The number of ether oxygens (including phenoxy) is 1. The van der Waals surface area contributed by atoms with E-state index in [9.17, 15) is 9.90 Å². The molecule has 1 aliphatic rings. The molecule has 4 nitrogen and oxygen atoms in total. The molecule has 2 aromatic rings. The van der Waals surface area contributed by atoms with Crippen molar-refractivity contribution >= 4 is 12.0 Å². The third kappa shape index (κ3) is 3.43. The van der Waals surface area contributed by atoms with Gasteiger partial charge in [-0.2, -0.15) is 0 Å². The predicted molar refractivity (Wildman–Crippen MR) is 88.9 cm³/mol. The van der Waals surface area contributed by atoms with Crippen LogP contribution in [0.4, 0.5) is 0 Å². The zero-order chi connectivity index (χ0) is 16.3. The molecular weight excluding hydrogens is 290 g/mol. The van der Waals surface area contributed by atoms with Gasteiger partial charge in [0.15, 0.2) is 0 Å². The van der Waals surface area contributed by atoms with Crippen molar-refractivity contribution in [3.05, 3.63) is 71.3 Å². The summed E-state index contributed by atoms with van der Waals surface area (Å²) in [5.41, 5.74) is 1.08. The lowest BCUT2D eigenvalue weighted by molar-refractivity contribution is -0.119. The van der Waals surface area contributed by atoms with Gasteiger partial charge in [0.05, 0.1) is 12.1 Å². The standard InChI is InChI=1S/C19H19NO3/c1-19(22,16-8-3-2-4-9-16)13-20-18(21)15-11-14-7-5-6-10-17(14)23-12-15/h2-11,22H,12-13H2,1H3,(H,20,21). The molecule has 0 fully saturated rings. The third-order valence-electron chi connectivity index (χ3n) is 3.91. The van der Waals surface area contributed by atoms with Gasteiger partial charge in [-0.15, -0.1) is 0 Å². The van der Waals surface area contributed by atoms with Gasteiger partial charge in [-0.05, 0) is 24.6 Å². The quantitative estimate of drug-likeness (QED) is 0.912. The summed E-state index contributed by atoms with van der Waals surface area (Å²) in [4.78, 5) is 12.3. The lowest BCUT2D eigenvalue weighted by Crippen LogP contribution is -2.40. The van der Waals surface area contributed by atoms with Crippen molar-refractivity contribution in [2.24, 2.45) is 0 Å². The molecule has 1 heterocycles. The normalized spacial score (nSPS) is 15.7. The first-order valence-electron chi connectivity index (χ1n) is 7.55. The highest BCUT2D eigenvalue weighted by atomic mass is 16.5. The summed E-state index contributed by atoms with van der Waals surface area (Å²) in [7, 11) is 0. The van der Waals surface area contributed by atoms with Gasteiger partial charge in [-0.25, -0.2) is 0 Å². The number of hydrogen-bond acceptors (Lipinski definition) is 3. The van der Waals surface area contributed by atoms with Gasteiger partial charge in [0, 0.05) is 5.56 Å². The van der Waals surface area contributed by atoms with E-state index in [0.717, 1.165) is 16.9 Å². The number of aliphatic hydroxyl groups is 1. The highest BCUT2D eigenvalue weighted by Gasteiger charge is 2.25. The first-order valence-corrected chi connectivity index (χ1v) is 7.55. The van der Waals surface area contributed by atoms with Gasteiger partial charge in [-0.3, -0.25) is 4.79 Å². The lowest BCUT2D eigenvalue weighted by Gasteiger charge is -2.25. The molecule has 0 radical (unpaired) electrons. The van der Waals surface area contributed by atoms with Gasteiger partial charge in [0.1, 0.15) is 18.0 Å². The molecule has 1 unspecified atom stereocenters. The Hall–Kier alpha value is -2.59. The Labute approximate surface area is 135 Å². The first kappa shape index (κ1) is 15.3. The van der Waals surface area contributed by atoms with Gasteiger partial charge >= 0.3 is 0 Å². The number of amides is 1. The second kappa shape index (κ2) is 6.26. The molecule has 0 aromatic heterocycles. The van der Waals surface area contributed by atoms with Crippen LogP contribution in [0.5, 0.6) is 5.75 Å². The summed E-state index contributed by atoms with van der Waals surface area (Å²) in [5.74, 6) is 0.552. The fraction of sp³-hybridized carbons (Fsp3) is 0.211. The van der Waals surface area contributed by atoms with Crippen LogP contribution in [0.3, 0.4) is 0 Å². The summed E-state index contributed by atoms with van der Waals surface area (Å²) >= 11 is 0. The Morgan fingerprint density at radius 3 is 2.65 bits per heavy atom. The molecule has 2 aromatic carbocycles. The summed E-state index contributed by atoms with van der Waals surface area (Å²) in [5, 5.41) is 13.3. The third-order valence-corrected chi connectivity index (χ3v) is 3.91. The van der Waals surface area contributed by atoms with Crippen LogP contribution in [0, 0.1) is 0 Å². The average molecular weight is 309 g/mol. The van der Waals surface area contributed by atoms with E-state index in [1.165, 1.54) is 0 Å². The fourth-order valence-corrected chi connectivity index (χ4v) is 2.51. The van der Waals surface area contributed by atoms with Crippen molar-refractivity contribution < 1.29 is 14.6 Å². The van der Waals surface area contributed by atoms with E-state index in [0.29, 0.717) is 5.57 Å². The SMILES string of the molecule is CC(O)(CNC(=O)C1=Cc2ccccc2OC1)c1ccccc1. The fourth-order valence-electron chi connectivity index (χ4n) is 2.51. The molecule has 0 spiro atoms. The lowest BCUT2D eigenvalue weighted by atomic mass is 9.96. The van der Waals surface area contributed by atoms with Crippen LogP contribution >= 0.6 is 0 Å².